The van der Waals surface area contributed by atoms with Gasteiger partial charge in [-0.15, -0.1) is 0 Å². The van der Waals surface area contributed by atoms with Crippen LogP contribution in [-0.2, 0) is 5.41 Å². The first-order valence-corrected chi connectivity index (χ1v) is 19.8. The van der Waals surface area contributed by atoms with Gasteiger partial charge in [0, 0.05) is 16.5 Å². The molecule has 0 aliphatic heterocycles. The standard InChI is InChI=1S/C56H36N2/c57-37-38-16-14-19-40(30-38)43-31-42(39-17-4-1-5-18-39)32-44(33-43)41-20-15-25-47(34-41)58-54-29-13-11-27-49(54)51-35-53-50(36-55(51)58)48-26-10-12-28-52(48)56(53,45-21-6-2-7-22-45)46-23-8-3-9-24-46/h1-36H. The molecule has 0 spiro atoms. The highest BCUT2D eigenvalue weighted by atomic mass is 15.0. The molecule has 2 nitrogen and oxygen atoms in total. The van der Waals surface area contributed by atoms with Crippen molar-refractivity contribution in [2.75, 3.05) is 0 Å². The van der Waals surface area contributed by atoms with E-state index in [1.165, 1.54) is 55.2 Å². The molecular weight excluding hydrogens is 701 g/mol. The van der Waals surface area contributed by atoms with Gasteiger partial charge in [0.25, 0.3) is 0 Å². The fourth-order valence-corrected chi connectivity index (χ4v) is 9.53. The molecule has 0 unspecified atom stereocenters. The van der Waals surface area contributed by atoms with Crippen molar-refractivity contribution in [2.45, 2.75) is 5.41 Å². The minimum absolute atomic E-state index is 0.472. The zero-order chi connectivity index (χ0) is 38.6. The summed E-state index contributed by atoms with van der Waals surface area (Å²) in [5.74, 6) is 0. The van der Waals surface area contributed by atoms with Crippen molar-refractivity contribution in [3.05, 3.63) is 246 Å². The fourth-order valence-electron chi connectivity index (χ4n) is 9.53. The Balaban J connectivity index is 1.15. The molecule has 1 heterocycles. The predicted molar refractivity (Wildman–Crippen MR) is 239 cm³/mol. The fraction of sp³-hybridized carbons (Fsp3) is 0.0179. The van der Waals surface area contributed by atoms with Crippen molar-refractivity contribution < 1.29 is 0 Å². The summed E-state index contributed by atoms with van der Waals surface area (Å²) in [6.07, 6.45) is 0. The van der Waals surface area contributed by atoms with E-state index in [-0.39, 0.29) is 0 Å². The van der Waals surface area contributed by atoms with Crippen LogP contribution in [-0.4, -0.2) is 4.57 Å². The number of nitriles is 1. The monoisotopic (exact) mass is 736 g/mol. The number of nitrogens with zero attached hydrogens (tertiary/aromatic N) is 2. The van der Waals surface area contributed by atoms with E-state index >= 15 is 0 Å². The Bertz CT molecular complexity index is 3180. The van der Waals surface area contributed by atoms with Gasteiger partial charge in [0.1, 0.15) is 0 Å². The Morgan fingerprint density at radius 1 is 0.362 bits per heavy atom. The van der Waals surface area contributed by atoms with E-state index in [1.54, 1.807) is 0 Å². The minimum atomic E-state index is -0.472. The smallest absolute Gasteiger partial charge is 0.0991 e. The van der Waals surface area contributed by atoms with Gasteiger partial charge >= 0.3 is 0 Å². The van der Waals surface area contributed by atoms with Gasteiger partial charge < -0.3 is 4.57 Å². The van der Waals surface area contributed by atoms with Crippen molar-refractivity contribution in [3.63, 3.8) is 0 Å². The lowest BCUT2D eigenvalue weighted by atomic mass is 9.67. The first-order chi connectivity index (χ1) is 28.7. The molecule has 270 valence electrons. The van der Waals surface area contributed by atoms with Crippen molar-refractivity contribution in [3.8, 4) is 56.3 Å². The highest BCUT2D eigenvalue weighted by Gasteiger charge is 2.46. The number of fused-ring (bicyclic) bond motifs is 6. The van der Waals surface area contributed by atoms with Crippen molar-refractivity contribution >= 4 is 21.8 Å². The van der Waals surface area contributed by atoms with Crippen LogP contribution in [0.25, 0.3) is 72.0 Å². The number of hydrogen-bond donors (Lipinski definition) is 0. The van der Waals surface area contributed by atoms with E-state index in [2.05, 4.69) is 211 Å². The molecule has 0 fully saturated rings. The average molecular weight is 737 g/mol. The van der Waals surface area contributed by atoms with Crippen molar-refractivity contribution in [1.82, 2.24) is 4.57 Å². The summed E-state index contributed by atoms with van der Waals surface area (Å²) in [4.78, 5) is 0. The molecule has 1 aliphatic carbocycles. The second-order valence-electron chi connectivity index (χ2n) is 15.2. The van der Waals surface area contributed by atoms with Gasteiger partial charge in [-0.2, -0.15) is 5.26 Å². The lowest BCUT2D eigenvalue weighted by Gasteiger charge is -2.33. The Labute approximate surface area is 338 Å². The molecule has 1 aromatic heterocycles. The molecular formula is C56H36N2. The van der Waals surface area contributed by atoms with Crippen LogP contribution in [0.5, 0.6) is 0 Å². The molecule has 58 heavy (non-hydrogen) atoms. The highest BCUT2D eigenvalue weighted by molar-refractivity contribution is 6.12. The van der Waals surface area contributed by atoms with E-state index in [9.17, 15) is 5.26 Å². The zero-order valence-electron chi connectivity index (χ0n) is 31.7. The summed E-state index contributed by atoms with van der Waals surface area (Å²) in [5.41, 5.74) is 17.9. The van der Waals surface area contributed by atoms with Crippen LogP contribution < -0.4 is 0 Å². The van der Waals surface area contributed by atoms with Gasteiger partial charge in [0.15, 0.2) is 0 Å². The lowest BCUT2D eigenvalue weighted by Crippen LogP contribution is -2.28. The largest absolute Gasteiger partial charge is 0.309 e. The zero-order valence-corrected chi connectivity index (χ0v) is 31.7. The molecule has 9 aromatic carbocycles. The lowest BCUT2D eigenvalue weighted by molar-refractivity contribution is 0.769. The molecule has 0 atom stereocenters. The minimum Gasteiger partial charge on any atom is -0.309 e. The molecule has 10 aromatic rings. The van der Waals surface area contributed by atoms with Crippen LogP contribution in [0.1, 0.15) is 27.8 Å². The molecule has 0 bridgehead atoms. The predicted octanol–water partition coefficient (Wildman–Crippen LogP) is 14.0. The van der Waals surface area contributed by atoms with Crippen molar-refractivity contribution in [2.24, 2.45) is 0 Å². The Morgan fingerprint density at radius 3 is 1.64 bits per heavy atom. The molecule has 2 heteroatoms. The molecule has 0 N–H and O–H groups in total. The van der Waals surface area contributed by atoms with Gasteiger partial charge in [0.05, 0.1) is 28.1 Å². The van der Waals surface area contributed by atoms with E-state index in [0.717, 1.165) is 39.1 Å². The molecule has 0 saturated heterocycles. The maximum Gasteiger partial charge on any atom is 0.0991 e. The van der Waals surface area contributed by atoms with Crippen LogP contribution in [0.4, 0.5) is 0 Å². The SMILES string of the molecule is N#Cc1cccc(-c2cc(-c3ccccc3)cc(-c3cccc(-n4c5ccccc5c5cc6c(cc54)-c4ccccc4C6(c4ccccc4)c4ccccc4)c3)c2)c1. The van der Waals surface area contributed by atoms with Crippen LogP contribution in [0.15, 0.2) is 218 Å². The Kier molecular flexibility index (Phi) is 7.81. The van der Waals surface area contributed by atoms with E-state index in [0.29, 0.717) is 5.56 Å². The Morgan fingerprint density at radius 2 is 0.931 bits per heavy atom. The maximum absolute atomic E-state index is 9.72. The second kappa shape index (κ2) is 13.5. The van der Waals surface area contributed by atoms with E-state index in [1.807, 2.05) is 18.2 Å². The number of benzene rings is 9. The summed E-state index contributed by atoms with van der Waals surface area (Å²) in [6, 6.07) is 81.2. The molecule has 0 amide bonds. The van der Waals surface area contributed by atoms with Crippen LogP contribution >= 0.6 is 0 Å². The summed E-state index contributed by atoms with van der Waals surface area (Å²) in [5, 5.41) is 12.2. The third-order valence-corrected chi connectivity index (χ3v) is 12.1. The first kappa shape index (κ1) is 33.6. The topological polar surface area (TPSA) is 28.7 Å². The first-order valence-electron chi connectivity index (χ1n) is 19.8. The van der Waals surface area contributed by atoms with E-state index in [4.69, 9.17) is 0 Å². The summed E-state index contributed by atoms with van der Waals surface area (Å²) in [6.45, 7) is 0. The number of rotatable bonds is 6. The van der Waals surface area contributed by atoms with Crippen LogP contribution in [0.3, 0.4) is 0 Å². The molecule has 0 saturated carbocycles. The average Bonchev–Trinajstić information content (AvgIpc) is 3.79. The molecule has 11 rings (SSSR count). The highest BCUT2D eigenvalue weighted by Crippen LogP contribution is 2.57. The molecule has 0 radical (unpaired) electrons. The molecule has 1 aliphatic rings. The van der Waals surface area contributed by atoms with Gasteiger partial charge in [-0.3, -0.25) is 0 Å². The normalized spacial score (nSPS) is 12.6. The van der Waals surface area contributed by atoms with Gasteiger partial charge in [0.2, 0.25) is 0 Å². The third-order valence-electron chi connectivity index (χ3n) is 12.1. The van der Waals surface area contributed by atoms with Gasteiger partial charge in [-0.25, -0.2) is 0 Å². The van der Waals surface area contributed by atoms with Crippen molar-refractivity contribution in [1.29, 1.82) is 5.26 Å². The summed E-state index contributed by atoms with van der Waals surface area (Å²) < 4.78 is 2.44. The van der Waals surface area contributed by atoms with Gasteiger partial charge in [-0.05, 0) is 127 Å². The van der Waals surface area contributed by atoms with Gasteiger partial charge in [-0.1, -0.05) is 158 Å². The maximum atomic E-state index is 9.72. The summed E-state index contributed by atoms with van der Waals surface area (Å²) >= 11 is 0. The quantitative estimate of drug-likeness (QED) is 0.167. The third kappa shape index (κ3) is 5.18. The van der Waals surface area contributed by atoms with E-state index < -0.39 is 5.41 Å². The Hall–Kier alpha value is -7.73. The second-order valence-corrected chi connectivity index (χ2v) is 15.2. The van der Waals surface area contributed by atoms with Crippen LogP contribution in [0.2, 0.25) is 0 Å². The number of hydrogen-bond acceptors (Lipinski definition) is 1. The number of para-hydroxylation sites is 1. The summed E-state index contributed by atoms with van der Waals surface area (Å²) in [7, 11) is 0. The van der Waals surface area contributed by atoms with Crippen LogP contribution in [0, 0.1) is 11.3 Å². The number of aromatic nitrogens is 1.